The molecule has 62 valence electrons. The second-order valence-electron chi connectivity index (χ2n) is 2.00. The fourth-order valence-electron chi connectivity index (χ4n) is 0.664. The predicted octanol–water partition coefficient (Wildman–Crippen LogP) is 1.11. The van der Waals surface area contributed by atoms with Gasteiger partial charge in [-0.25, -0.2) is 13.8 Å². The Hall–Kier alpha value is -0.970. The predicted molar refractivity (Wildman–Crippen MR) is 34.2 cm³/mol. The number of rotatable bonds is 3. The van der Waals surface area contributed by atoms with E-state index in [9.17, 15) is 8.78 Å². The van der Waals surface area contributed by atoms with E-state index in [2.05, 4.69) is 9.40 Å². The molecule has 0 saturated carbocycles. The van der Waals surface area contributed by atoms with Crippen molar-refractivity contribution in [1.82, 2.24) is 4.98 Å². The summed E-state index contributed by atoms with van der Waals surface area (Å²) in [7, 11) is 0. The zero-order valence-electron chi connectivity index (χ0n) is 5.76. The molecule has 0 atom stereocenters. The normalized spacial score (nSPS) is 10.9. The van der Waals surface area contributed by atoms with E-state index in [0.717, 1.165) is 6.20 Å². The SMILES string of the molecule is NCCc1ncc(C(F)F)o1. The van der Waals surface area contributed by atoms with Gasteiger partial charge in [-0.3, -0.25) is 0 Å². The van der Waals surface area contributed by atoms with Crippen molar-refractivity contribution in [3.63, 3.8) is 0 Å². The molecule has 0 fully saturated rings. The maximum atomic E-state index is 11.9. The first kappa shape index (κ1) is 8.13. The number of nitrogens with zero attached hydrogens (tertiary/aromatic N) is 1. The summed E-state index contributed by atoms with van der Waals surface area (Å²) in [5, 5.41) is 0. The molecule has 0 bridgehead atoms. The second kappa shape index (κ2) is 3.43. The first-order valence-electron chi connectivity index (χ1n) is 3.17. The molecule has 5 heteroatoms. The van der Waals surface area contributed by atoms with E-state index in [1.807, 2.05) is 0 Å². The van der Waals surface area contributed by atoms with E-state index in [1.54, 1.807) is 0 Å². The molecular formula is C6H8F2N2O. The summed E-state index contributed by atoms with van der Waals surface area (Å²) in [5.74, 6) is -0.128. The largest absolute Gasteiger partial charge is 0.440 e. The van der Waals surface area contributed by atoms with Crippen LogP contribution in [0, 0.1) is 0 Å². The minimum atomic E-state index is -2.59. The second-order valence-corrected chi connectivity index (χ2v) is 2.00. The van der Waals surface area contributed by atoms with Gasteiger partial charge in [0.05, 0.1) is 6.20 Å². The maximum absolute atomic E-state index is 11.9. The lowest BCUT2D eigenvalue weighted by Crippen LogP contribution is -2.02. The van der Waals surface area contributed by atoms with E-state index in [0.29, 0.717) is 13.0 Å². The van der Waals surface area contributed by atoms with Gasteiger partial charge in [0, 0.05) is 13.0 Å². The highest BCUT2D eigenvalue weighted by Gasteiger charge is 2.12. The zero-order valence-corrected chi connectivity index (χ0v) is 5.76. The Labute approximate surface area is 62.2 Å². The molecule has 0 saturated heterocycles. The molecule has 0 amide bonds. The lowest BCUT2D eigenvalue weighted by molar-refractivity contribution is 0.120. The molecule has 0 aliphatic carbocycles. The van der Waals surface area contributed by atoms with Crippen molar-refractivity contribution in [2.45, 2.75) is 12.8 Å². The van der Waals surface area contributed by atoms with E-state index < -0.39 is 12.2 Å². The average Bonchev–Trinajstić information content (AvgIpc) is 2.37. The molecule has 3 nitrogen and oxygen atoms in total. The Bertz CT molecular complexity index is 224. The lowest BCUT2D eigenvalue weighted by atomic mass is 10.4. The van der Waals surface area contributed by atoms with E-state index >= 15 is 0 Å². The third-order valence-corrected chi connectivity index (χ3v) is 1.14. The van der Waals surface area contributed by atoms with Crippen molar-refractivity contribution in [3.8, 4) is 0 Å². The number of hydrogen-bond acceptors (Lipinski definition) is 3. The van der Waals surface area contributed by atoms with Crippen LogP contribution < -0.4 is 5.73 Å². The van der Waals surface area contributed by atoms with Gasteiger partial charge < -0.3 is 10.2 Å². The monoisotopic (exact) mass is 162 g/mol. The van der Waals surface area contributed by atoms with Crippen LogP contribution in [0.1, 0.15) is 18.1 Å². The smallest absolute Gasteiger partial charge is 0.297 e. The van der Waals surface area contributed by atoms with Gasteiger partial charge in [-0.05, 0) is 0 Å². The quantitative estimate of drug-likeness (QED) is 0.724. The molecule has 0 spiro atoms. The van der Waals surface area contributed by atoms with Crippen molar-refractivity contribution in [1.29, 1.82) is 0 Å². The maximum Gasteiger partial charge on any atom is 0.297 e. The first-order chi connectivity index (χ1) is 5.24. The molecule has 0 unspecified atom stereocenters. The van der Waals surface area contributed by atoms with Crippen LogP contribution in [0.5, 0.6) is 0 Å². The third-order valence-electron chi connectivity index (χ3n) is 1.14. The number of halogens is 2. The molecule has 0 aliphatic heterocycles. The highest BCUT2D eigenvalue weighted by Crippen LogP contribution is 2.18. The Kier molecular flexibility index (Phi) is 2.53. The fraction of sp³-hybridized carbons (Fsp3) is 0.500. The molecular weight excluding hydrogens is 154 g/mol. The summed E-state index contributed by atoms with van der Waals surface area (Å²) < 4.78 is 28.4. The Morgan fingerprint density at radius 2 is 2.36 bits per heavy atom. The topological polar surface area (TPSA) is 52.0 Å². The van der Waals surface area contributed by atoms with Crippen LogP contribution in [0.15, 0.2) is 10.6 Å². The van der Waals surface area contributed by atoms with Gasteiger partial charge in [-0.15, -0.1) is 0 Å². The van der Waals surface area contributed by atoms with Crippen LogP contribution in [-0.2, 0) is 6.42 Å². The van der Waals surface area contributed by atoms with Gasteiger partial charge in [-0.1, -0.05) is 0 Å². The van der Waals surface area contributed by atoms with Crippen molar-refractivity contribution < 1.29 is 13.2 Å². The molecule has 2 N–H and O–H groups in total. The van der Waals surface area contributed by atoms with Gasteiger partial charge in [0.1, 0.15) is 0 Å². The van der Waals surface area contributed by atoms with Crippen LogP contribution in [0.2, 0.25) is 0 Å². The minimum Gasteiger partial charge on any atom is -0.440 e. The highest BCUT2D eigenvalue weighted by molar-refractivity contribution is 4.95. The molecule has 1 heterocycles. The molecule has 0 aliphatic rings. The van der Waals surface area contributed by atoms with E-state index in [4.69, 9.17) is 5.73 Å². The summed E-state index contributed by atoms with van der Waals surface area (Å²) in [6.07, 6.45) is -1.17. The number of hydrogen-bond donors (Lipinski definition) is 1. The van der Waals surface area contributed by atoms with Crippen molar-refractivity contribution >= 4 is 0 Å². The zero-order chi connectivity index (χ0) is 8.27. The number of oxazole rings is 1. The Morgan fingerprint density at radius 3 is 2.82 bits per heavy atom. The molecule has 11 heavy (non-hydrogen) atoms. The molecule has 0 aromatic carbocycles. The Balaban J connectivity index is 2.66. The standard InChI is InChI=1S/C6H8F2N2O/c7-6(8)4-3-10-5(11-4)1-2-9/h3,6H,1-2,9H2. The summed E-state index contributed by atoms with van der Waals surface area (Å²) in [5.41, 5.74) is 5.16. The van der Waals surface area contributed by atoms with Crippen LogP contribution in [-0.4, -0.2) is 11.5 Å². The van der Waals surface area contributed by atoms with Crippen LogP contribution in [0.4, 0.5) is 8.78 Å². The van der Waals surface area contributed by atoms with Crippen LogP contribution in [0.3, 0.4) is 0 Å². The van der Waals surface area contributed by atoms with Gasteiger partial charge in [0.25, 0.3) is 6.43 Å². The van der Waals surface area contributed by atoms with E-state index in [1.165, 1.54) is 0 Å². The average molecular weight is 162 g/mol. The summed E-state index contributed by atoms with van der Waals surface area (Å²) in [4.78, 5) is 3.60. The summed E-state index contributed by atoms with van der Waals surface area (Å²) >= 11 is 0. The first-order valence-corrected chi connectivity index (χ1v) is 3.17. The van der Waals surface area contributed by atoms with Gasteiger partial charge in [0.15, 0.2) is 11.7 Å². The molecule has 0 radical (unpaired) electrons. The Morgan fingerprint density at radius 1 is 1.64 bits per heavy atom. The van der Waals surface area contributed by atoms with Crippen LogP contribution in [0.25, 0.3) is 0 Å². The molecule has 1 aromatic heterocycles. The summed E-state index contributed by atoms with van der Waals surface area (Å²) in [6, 6.07) is 0. The van der Waals surface area contributed by atoms with E-state index in [-0.39, 0.29) is 5.89 Å². The van der Waals surface area contributed by atoms with Gasteiger partial charge in [-0.2, -0.15) is 0 Å². The van der Waals surface area contributed by atoms with Crippen LogP contribution >= 0.6 is 0 Å². The van der Waals surface area contributed by atoms with Gasteiger partial charge in [0.2, 0.25) is 0 Å². The van der Waals surface area contributed by atoms with Crippen molar-refractivity contribution in [2.75, 3.05) is 6.54 Å². The number of nitrogens with two attached hydrogens (primary N) is 1. The number of alkyl halides is 2. The molecule has 1 rings (SSSR count). The third kappa shape index (κ3) is 1.98. The lowest BCUT2D eigenvalue weighted by Gasteiger charge is -1.90. The van der Waals surface area contributed by atoms with Gasteiger partial charge >= 0.3 is 0 Å². The van der Waals surface area contributed by atoms with Crippen molar-refractivity contribution in [3.05, 3.63) is 17.8 Å². The highest BCUT2D eigenvalue weighted by atomic mass is 19.3. The molecule has 1 aromatic rings. The minimum absolute atomic E-state index is 0.266. The summed E-state index contributed by atoms with van der Waals surface area (Å²) in [6.45, 7) is 0.350. The fourth-order valence-corrected chi connectivity index (χ4v) is 0.664. The van der Waals surface area contributed by atoms with Crippen molar-refractivity contribution in [2.24, 2.45) is 5.73 Å². The number of aromatic nitrogens is 1.